The molecule has 2 aromatic rings. The molecule has 0 radical (unpaired) electrons. The Kier molecular flexibility index (Phi) is 4.43. The Morgan fingerprint density at radius 1 is 1.50 bits per heavy atom. The number of hydrogen-bond donors (Lipinski definition) is 1. The third-order valence-electron chi connectivity index (χ3n) is 2.26. The monoisotopic (exact) mass is 325 g/mol. The fraction of sp³-hybridized carbons (Fsp3) is 0.250. The van der Waals surface area contributed by atoms with E-state index in [2.05, 4.69) is 31.2 Å². The molecular weight excluding hydrogens is 314 g/mol. The number of rotatable bonds is 4. The van der Waals surface area contributed by atoms with Gasteiger partial charge < -0.3 is 5.32 Å². The van der Waals surface area contributed by atoms with Crippen LogP contribution >= 0.6 is 27.3 Å². The molecule has 0 aliphatic carbocycles. The van der Waals surface area contributed by atoms with Crippen molar-refractivity contribution in [3.63, 3.8) is 0 Å². The number of thiazole rings is 1. The quantitative estimate of drug-likeness (QED) is 0.940. The van der Waals surface area contributed by atoms with Gasteiger partial charge in [-0.25, -0.2) is 4.98 Å². The van der Waals surface area contributed by atoms with Gasteiger partial charge in [0.05, 0.1) is 10.6 Å². The molecule has 2 heterocycles. The summed E-state index contributed by atoms with van der Waals surface area (Å²) in [5, 5.41) is 5.90. The predicted molar refractivity (Wildman–Crippen MR) is 74.8 cm³/mol. The normalized spacial score (nSPS) is 10.3. The van der Waals surface area contributed by atoms with Crippen molar-refractivity contribution in [2.24, 2.45) is 0 Å². The van der Waals surface area contributed by atoms with E-state index < -0.39 is 0 Å². The van der Waals surface area contributed by atoms with Gasteiger partial charge in [0.25, 0.3) is 5.91 Å². The first-order chi connectivity index (χ1) is 8.65. The molecule has 0 aliphatic heterocycles. The van der Waals surface area contributed by atoms with Crippen LogP contribution in [0.25, 0.3) is 0 Å². The number of aromatic nitrogens is 2. The van der Waals surface area contributed by atoms with Gasteiger partial charge in [-0.15, -0.1) is 11.3 Å². The summed E-state index contributed by atoms with van der Waals surface area (Å²) in [6, 6.07) is 1.75. The van der Waals surface area contributed by atoms with E-state index in [1.165, 1.54) is 0 Å². The Morgan fingerprint density at radius 2 is 2.33 bits per heavy atom. The lowest BCUT2D eigenvalue weighted by Gasteiger charge is -2.03. The van der Waals surface area contributed by atoms with Crippen LogP contribution in [0.1, 0.15) is 21.1 Å². The van der Waals surface area contributed by atoms with Gasteiger partial charge in [-0.05, 0) is 28.9 Å². The number of nitrogens with zero attached hydrogens (tertiary/aromatic N) is 2. The standard InChI is InChI=1S/C12H12BrN3OS/c1-8-7-18-11(16-8)2-3-15-12(17)9-4-10(13)6-14-5-9/h4-7H,2-3H2,1H3,(H,15,17). The molecule has 0 aromatic carbocycles. The van der Waals surface area contributed by atoms with Gasteiger partial charge >= 0.3 is 0 Å². The van der Waals surface area contributed by atoms with E-state index in [1.807, 2.05) is 12.3 Å². The summed E-state index contributed by atoms with van der Waals surface area (Å²) in [5.74, 6) is -0.114. The number of halogens is 1. The highest BCUT2D eigenvalue weighted by atomic mass is 79.9. The minimum absolute atomic E-state index is 0.114. The largest absolute Gasteiger partial charge is 0.352 e. The summed E-state index contributed by atoms with van der Waals surface area (Å²) in [5.41, 5.74) is 1.58. The van der Waals surface area contributed by atoms with Crippen LogP contribution in [-0.2, 0) is 6.42 Å². The van der Waals surface area contributed by atoms with Crippen molar-refractivity contribution >= 4 is 33.2 Å². The van der Waals surface area contributed by atoms with E-state index >= 15 is 0 Å². The molecule has 18 heavy (non-hydrogen) atoms. The maximum atomic E-state index is 11.8. The van der Waals surface area contributed by atoms with Crippen LogP contribution in [0, 0.1) is 6.92 Å². The third kappa shape index (κ3) is 3.61. The van der Waals surface area contributed by atoms with E-state index in [4.69, 9.17) is 0 Å². The highest BCUT2D eigenvalue weighted by molar-refractivity contribution is 9.10. The molecule has 0 unspecified atom stereocenters. The minimum Gasteiger partial charge on any atom is -0.352 e. The highest BCUT2D eigenvalue weighted by Gasteiger charge is 2.06. The average molecular weight is 326 g/mol. The molecule has 2 rings (SSSR count). The second-order valence-corrected chi connectivity index (χ2v) is 5.64. The summed E-state index contributed by atoms with van der Waals surface area (Å²) in [4.78, 5) is 20.1. The van der Waals surface area contributed by atoms with Crippen molar-refractivity contribution in [2.45, 2.75) is 13.3 Å². The topological polar surface area (TPSA) is 54.9 Å². The van der Waals surface area contributed by atoms with Crippen molar-refractivity contribution in [2.75, 3.05) is 6.54 Å². The molecule has 1 amide bonds. The summed E-state index contributed by atoms with van der Waals surface area (Å²) in [7, 11) is 0. The van der Waals surface area contributed by atoms with Crippen LogP contribution < -0.4 is 5.32 Å². The van der Waals surface area contributed by atoms with E-state index in [1.54, 1.807) is 29.8 Å². The number of pyridine rings is 1. The zero-order valence-corrected chi connectivity index (χ0v) is 12.2. The van der Waals surface area contributed by atoms with Crippen molar-refractivity contribution in [1.29, 1.82) is 0 Å². The Morgan fingerprint density at radius 3 is 3.00 bits per heavy atom. The summed E-state index contributed by atoms with van der Waals surface area (Å²) in [6.07, 6.45) is 3.95. The van der Waals surface area contributed by atoms with Gasteiger partial charge in [0, 0.05) is 40.9 Å². The number of carbonyl (C=O) groups is 1. The van der Waals surface area contributed by atoms with Crippen molar-refractivity contribution < 1.29 is 4.79 Å². The Bertz CT molecular complexity index is 556. The smallest absolute Gasteiger partial charge is 0.252 e. The van der Waals surface area contributed by atoms with Crippen molar-refractivity contribution in [3.8, 4) is 0 Å². The second-order valence-electron chi connectivity index (χ2n) is 3.78. The molecule has 0 saturated heterocycles. The highest BCUT2D eigenvalue weighted by Crippen LogP contribution is 2.10. The van der Waals surface area contributed by atoms with Gasteiger partial charge in [0.1, 0.15) is 0 Å². The number of aryl methyl sites for hydroxylation is 1. The first kappa shape index (κ1) is 13.2. The van der Waals surface area contributed by atoms with E-state index in [9.17, 15) is 4.79 Å². The number of hydrogen-bond acceptors (Lipinski definition) is 4. The molecular formula is C12H12BrN3OS. The molecule has 1 N–H and O–H groups in total. The van der Waals surface area contributed by atoms with Crippen molar-refractivity contribution in [3.05, 3.63) is 44.6 Å². The molecule has 0 saturated carbocycles. The first-order valence-corrected chi connectivity index (χ1v) is 7.12. The minimum atomic E-state index is -0.114. The van der Waals surface area contributed by atoms with E-state index in [-0.39, 0.29) is 5.91 Å². The van der Waals surface area contributed by atoms with Gasteiger partial charge in [0.2, 0.25) is 0 Å². The maximum Gasteiger partial charge on any atom is 0.252 e. The first-order valence-electron chi connectivity index (χ1n) is 5.45. The lowest BCUT2D eigenvalue weighted by Crippen LogP contribution is -2.25. The third-order valence-corrected chi connectivity index (χ3v) is 3.72. The number of nitrogens with one attached hydrogen (secondary N) is 1. The lowest BCUT2D eigenvalue weighted by atomic mass is 10.2. The maximum absolute atomic E-state index is 11.8. The Balaban J connectivity index is 1.85. The van der Waals surface area contributed by atoms with Crippen LogP contribution in [0.2, 0.25) is 0 Å². The number of amides is 1. The molecule has 0 atom stereocenters. The lowest BCUT2D eigenvalue weighted by molar-refractivity contribution is 0.0953. The summed E-state index contributed by atoms with van der Waals surface area (Å²) < 4.78 is 0.797. The average Bonchev–Trinajstić information content (AvgIpc) is 2.75. The van der Waals surface area contributed by atoms with Crippen LogP contribution in [0.3, 0.4) is 0 Å². The van der Waals surface area contributed by atoms with Crippen LogP contribution in [0.15, 0.2) is 28.3 Å². The van der Waals surface area contributed by atoms with Crippen LogP contribution in [0.4, 0.5) is 0 Å². The predicted octanol–water partition coefficient (Wildman–Crippen LogP) is 2.58. The van der Waals surface area contributed by atoms with E-state index in [0.29, 0.717) is 12.1 Å². The zero-order valence-electron chi connectivity index (χ0n) is 9.81. The molecule has 0 bridgehead atoms. The van der Waals surface area contributed by atoms with E-state index in [0.717, 1.165) is 21.6 Å². The molecule has 0 fully saturated rings. The Labute approximate surface area is 118 Å². The fourth-order valence-electron chi connectivity index (χ4n) is 1.44. The van der Waals surface area contributed by atoms with Gasteiger partial charge in [-0.2, -0.15) is 0 Å². The van der Waals surface area contributed by atoms with Crippen molar-refractivity contribution in [1.82, 2.24) is 15.3 Å². The molecule has 0 spiro atoms. The zero-order chi connectivity index (χ0) is 13.0. The van der Waals surface area contributed by atoms with Gasteiger partial charge in [-0.3, -0.25) is 9.78 Å². The summed E-state index contributed by atoms with van der Waals surface area (Å²) in [6.45, 7) is 2.55. The van der Waals surface area contributed by atoms with Gasteiger partial charge in [-0.1, -0.05) is 0 Å². The molecule has 94 valence electrons. The summed E-state index contributed by atoms with van der Waals surface area (Å²) >= 11 is 4.90. The Hall–Kier alpha value is -1.27. The molecule has 2 aromatic heterocycles. The van der Waals surface area contributed by atoms with Gasteiger partial charge in [0.15, 0.2) is 0 Å². The second kappa shape index (κ2) is 6.06. The molecule has 6 heteroatoms. The molecule has 4 nitrogen and oxygen atoms in total. The number of carbonyl (C=O) groups excluding carboxylic acids is 1. The van der Waals surface area contributed by atoms with Crippen LogP contribution in [-0.4, -0.2) is 22.4 Å². The van der Waals surface area contributed by atoms with Crippen LogP contribution in [0.5, 0.6) is 0 Å². The SMILES string of the molecule is Cc1csc(CCNC(=O)c2cncc(Br)c2)n1. The molecule has 0 aliphatic rings. The fourth-order valence-corrected chi connectivity index (χ4v) is 2.58.